The third kappa shape index (κ3) is 140. The van der Waals surface area contributed by atoms with Crippen LogP contribution in [0.15, 0.2) is 0 Å². The van der Waals surface area contributed by atoms with E-state index in [0.717, 1.165) is 0 Å². The molecule has 0 spiro atoms. The average molecular weight is 181 g/mol. The van der Waals surface area contributed by atoms with Crippen LogP contribution in [-0.4, -0.2) is 8.32 Å². The molecule has 0 saturated carbocycles. The predicted molar refractivity (Wildman–Crippen MR) is 6.92 cm³/mol. The summed E-state index contributed by atoms with van der Waals surface area (Å²) in [5, 5.41) is 0. The zero-order chi connectivity index (χ0) is 4.50. The van der Waals surface area contributed by atoms with Gasteiger partial charge >= 0.3 is 48.4 Å². The number of hydrogen-bond donors (Lipinski definition) is 2. The van der Waals surface area contributed by atoms with Crippen LogP contribution in [0, 0.1) is 0 Å². The maximum atomic E-state index is 8.82. The van der Waals surface area contributed by atoms with Gasteiger partial charge in [-0.3, -0.25) is 0 Å². The molecule has 0 aliphatic rings. The molecule has 0 saturated heterocycles. The van der Waals surface area contributed by atoms with Crippen molar-refractivity contribution in [3.8, 4) is 0 Å². The second kappa shape index (κ2) is 5.31. The first-order chi connectivity index (χ1) is 2.00. The second-order valence-corrected chi connectivity index (χ2v) is 1.85. The van der Waals surface area contributed by atoms with Gasteiger partial charge in [0.25, 0.3) is 0 Å². The van der Waals surface area contributed by atoms with E-state index in [4.69, 9.17) is 15.9 Å². The molecule has 1 radical (unpaired) electrons. The topological polar surface area (TPSA) is 74.6 Å². The van der Waals surface area contributed by atoms with Gasteiger partial charge < -0.3 is 1.43 Å². The Morgan fingerprint density at radius 3 is 1.29 bits per heavy atom. The molecule has 0 heterocycles. The van der Waals surface area contributed by atoms with Crippen molar-refractivity contribution < 1.29 is 66.9 Å². The second-order valence-electron chi connectivity index (χ2n) is 0.448. The maximum absolute atomic E-state index is 8.82. The molecule has 0 aromatic rings. The molecule has 0 aliphatic carbocycles. The van der Waals surface area contributed by atoms with Crippen molar-refractivity contribution in [3.05, 3.63) is 0 Å². The Labute approximate surface area is 66.8 Å². The van der Waals surface area contributed by atoms with E-state index in [0.29, 0.717) is 0 Å². The standard InChI is InChI=1S/Cr.Li.Mn.2H2O.2O.H/h;;;2*1H2;;;/q+2;+1;;;;;;-1/p-2. The van der Waals surface area contributed by atoms with Gasteiger partial charge in [0.15, 0.2) is 0 Å². The molecule has 2 N–H and O–H groups in total. The fourth-order valence-corrected chi connectivity index (χ4v) is 0. The summed E-state index contributed by atoms with van der Waals surface area (Å²) in [5.41, 5.74) is 0. The Morgan fingerprint density at radius 2 is 1.29 bits per heavy atom. The quantitative estimate of drug-likeness (QED) is 0.371. The van der Waals surface area contributed by atoms with Gasteiger partial charge in [0.1, 0.15) is 0 Å². The summed E-state index contributed by atoms with van der Waals surface area (Å²) in [6.07, 6.45) is 0. The van der Waals surface area contributed by atoms with Crippen LogP contribution in [0.1, 0.15) is 1.43 Å². The monoisotopic (exact) mass is 181 g/mol. The Morgan fingerprint density at radius 1 is 1.29 bits per heavy atom. The van der Waals surface area contributed by atoms with Crippen molar-refractivity contribution in [1.29, 1.82) is 0 Å². The van der Waals surface area contributed by atoms with Crippen molar-refractivity contribution in [2.24, 2.45) is 0 Å². The van der Waals surface area contributed by atoms with Gasteiger partial charge in [0.2, 0.25) is 0 Å². The third-order valence-electron chi connectivity index (χ3n) is 0. The van der Waals surface area contributed by atoms with E-state index in [-0.39, 0.29) is 37.4 Å². The van der Waals surface area contributed by atoms with Gasteiger partial charge in [-0.2, -0.15) is 0 Å². The molecule has 0 rings (SSSR count). The van der Waals surface area contributed by atoms with E-state index < -0.39 is 13.6 Å². The zero-order valence-corrected chi connectivity index (χ0v) is 5.95. The van der Waals surface area contributed by atoms with E-state index in [1.807, 2.05) is 0 Å². The molecule has 4 nitrogen and oxygen atoms in total. The van der Waals surface area contributed by atoms with Gasteiger partial charge in [0.05, 0.1) is 0 Å². The van der Waals surface area contributed by atoms with Gasteiger partial charge in [-0.1, -0.05) is 0 Å². The molecule has 0 aliphatic heterocycles. The molecule has 7 heteroatoms. The minimum atomic E-state index is -5.25. The molecule has 0 atom stereocenters. The molecular weight excluding hydrogens is 178 g/mol. The molecular formula is H3CrLiMnO4. The summed E-state index contributed by atoms with van der Waals surface area (Å²) in [4.78, 5) is 0. The Kier molecular flexibility index (Phi) is 11.9. The van der Waals surface area contributed by atoms with Crippen molar-refractivity contribution >= 4 is 0 Å². The summed E-state index contributed by atoms with van der Waals surface area (Å²) in [5.74, 6) is 0. The van der Waals surface area contributed by atoms with Crippen molar-refractivity contribution in [3.63, 3.8) is 0 Å². The van der Waals surface area contributed by atoms with E-state index in [9.17, 15) is 0 Å². The van der Waals surface area contributed by atoms with Crippen molar-refractivity contribution in [2.45, 2.75) is 0 Å². The summed E-state index contributed by atoms with van der Waals surface area (Å²) in [6, 6.07) is 0. The molecule has 0 fully saturated rings. The van der Waals surface area contributed by atoms with Crippen LogP contribution in [0.5, 0.6) is 0 Å². The van der Waals surface area contributed by atoms with Crippen LogP contribution in [-0.2, 0) is 38.3 Å². The molecule has 7 heavy (non-hydrogen) atoms. The molecule has 0 aromatic heterocycles. The van der Waals surface area contributed by atoms with Crippen LogP contribution in [0.4, 0.5) is 0 Å². The first-order valence-electron chi connectivity index (χ1n) is 0.698. The van der Waals surface area contributed by atoms with E-state index in [1.54, 1.807) is 0 Å². The van der Waals surface area contributed by atoms with Crippen LogP contribution < -0.4 is 18.9 Å². The average Bonchev–Trinajstić information content (AvgIpc) is 0.722. The Bertz CT molecular complexity index is 99.2. The van der Waals surface area contributed by atoms with Crippen LogP contribution in [0.3, 0.4) is 0 Å². The zero-order valence-electron chi connectivity index (χ0n) is 4.50. The first kappa shape index (κ1) is 15.7. The Balaban J connectivity index is -0.0000000267. The first-order valence-corrected chi connectivity index (χ1v) is 2.88. The van der Waals surface area contributed by atoms with Crippen molar-refractivity contribution in [1.82, 2.24) is 0 Å². The molecule has 0 unspecified atom stereocenters. The summed E-state index contributed by atoms with van der Waals surface area (Å²) >= 11 is -5.25. The third-order valence-corrected chi connectivity index (χ3v) is 0. The fraction of sp³-hybridized carbons (Fsp3) is 0. The van der Waals surface area contributed by atoms with Crippen LogP contribution in [0.25, 0.3) is 0 Å². The summed E-state index contributed by atoms with van der Waals surface area (Å²) in [7, 11) is 0. The molecule has 0 bridgehead atoms. The van der Waals surface area contributed by atoms with Crippen LogP contribution in [0.2, 0.25) is 0 Å². The summed E-state index contributed by atoms with van der Waals surface area (Å²) < 4.78 is 31.9. The molecule has 0 aromatic carbocycles. The molecule has 41 valence electrons. The summed E-state index contributed by atoms with van der Waals surface area (Å²) in [6.45, 7) is 0. The van der Waals surface area contributed by atoms with Gasteiger partial charge in [-0.25, -0.2) is 0 Å². The van der Waals surface area contributed by atoms with Crippen LogP contribution >= 0.6 is 0 Å². The van der Waals surface area contributed by atoms with E-state index in [2.05, 4.69) is 0 Å². The van der Waals surface area contributed by atoms with Gasteiger partial charge in [-0.05, 0) is 0 Å². The van der Waals surface area contributed by atoms with E-state index >= 15 is 0 Å². The number of rotatable bonds is 0. The van der Waals surface area contributed by atoms with Gasteiger partial charge in [-0.15, -0.1) is 0 Å². The fourth-order valence-electron chi connectivity index (χ4n) is 0. The Hall–Kier alpha value is 1.17. The number of hydrogen-bond acceptors (Lipinski definition) is 2. The SMILES string of the molecule is [H-].[Li+].[Mn].[O]=[Cr](=[O])([OH])[OH]. The van der Waals surface area contributed by atoms with E-state index in [1.165, 1.54) is 0 Å². The van der Waals surface area contributed by atoms with Crippen molar-refractivity contribution in [2.75, 3.05) is 0 Å². The molecule has 0 amide bonds. The van der Waals surface area contributed by atoms with Gasteiger partial charge in [0, 0.05) is 17.1 Å². The normalized spacial score (nSPS) is 8.29. The minimum absolute atomic E-state index is 0. The predicted octanol–water partition coefficient (Wildman–Crippen LogP) is -4.24.